The van der Waals surface area contributed by atoms with Crippen LogP contribution in [0, 0.1) is 5.82 Å². The SMILES string of the molecule is CCCCN(CCCC)C(=O)n1nnc(-c2ccc(F)cc2)c1-c1ccncc1. The number of aromatic nitrogens is 4. The lowest BCUT2D eigenvalue weighted by atomic mass is 10.1. The van der Waals surface area contributed by atoms with E-state index in [2.05, 4.69) is 29.1 Å². The van der Waals surface area contributed by atoms with E-state index in [0.29, 0.717) is 30.0 Å². The van der Waals surface area contributed by atoms with Crippen molar-refractivity contribution in [2.75, 3.05) is 13.1 Å². The third-order valence-corrected chi connectivity index (χ3v) is 4.76. The maximum atomic E-state index is 13.4. The van der Waals surface area contributed by atoms with Crippen molar-refractivity contribution in [3.63, 3.8) is 0 Å². The van der Waals surface area contributed by atoms with Gasteiger partial charge in [0.25, 0.3) is 0 Å². The molecule has 3 aromatic rings. The van der Waals surface area contributed by atoms with Gasteiger partial charge in [-0.25, -0.2) is 9.18 Å². The van der Waals surface area contributed by atoms with Crippen LogP contribution in [0.3, 0.4) is 0 Å². The molecule has 2 aromatic heterocycles. The van der Waals surface area contributed by atoms with Crippen molar-refractivity contribution in [3.05, 3.63) is 54.6 Å². The first-order valence-corrected chi connectivity index (χ1v) is 10.1. The van der Waals surface area contributed by atoms with Crippen LogP contribution in [0.15, 0.2) is 48.8 Å². The summed E-state index contributed by atoms with van der Waals surface area (Å²) in [6.07, 6.45) is 7.20. The van der Waals surface area contributed by atoms with Gasteiger partial charge < -0.3 is 4.90 Å². The highest BCUT2D eigenvalue weighted by Gasteiger charge is 2.24. The van der Waals surface area contributed by atoms with Crippen molar-refractivity contribution in [1.82, 2.24) is 24.9 Å². The van der Waals surface area contributed by atoms with E-state index < -0.39 is 0 Å². The summed E-state index contributed by atoms with van der Waals surface area (Å²) in [6, 6.07) is 9.48. The molecular formula is C22H26FN5O. The van der Waals surface area contributed by atoms with Gasteiger partial charge in [0.2, 0.25) is 0 Å². The van der Waals surface area contributed by atoms with Gasteiger partial charge in [0.15, 0.2) is 0 Å². The molecule has 7 heteroatoms. The molecular weight excluding hydrogens is 369 g/mol. The Hall–Kier alpha value is -3.09. The van der Waals surface area contributed by atoms with Gasteiger partial charge >= 0.3 is 6.03 Å². The molecule has 0 atom stereocenters. The molecule has 0 aliphatic heterocycles. The predicted octanol–water partition coefficient (Wildman–Crippen LogP) is 5.02. The maximum Gasteiger partial charge on any atom is 0.346 e. The molecule has 1 aromatic carbocycles. The standard InChI is InChI=1S/C22H26FN5O/c1-3-5-15-27(16-6-4-2)22(29)28-21(18-11-13-24-14-12-18)20(25-26-28)17-7-9-19(23)10-8-17/h7-14H,3-6,15-16H2,1-2H3. The van der Waals surface area contributed by atoms with Gasteiger partial charge in [-0.15, -0.1) is 5.10 Å². The molecule has 6 nitrogen and oxygen atoms in total. The predicted molar refractivity (Wildman–Crippen MR) is 111 cm³/mol. The minimum atomic E-state index is -0.326. The lowest BCUT2D eigenvalue weighted by Gasteiger charge is -2.22. The number of benzene rings is 1. The molecule has 0 saturated heterocycles. The highest BCUT2D eigenvalue weighted by Crippen LogP contribution is 2.30. The highest BCUT2D eigenvalue weighted by molar-refractivity contribution is 5.87. The Labute approximate surface area is 170 Å². The number of carbonyl (C=O) groups is 1. The molecule has 1 amide bonds. The van der Waals surface area contributed by atoms with Gasteiger partial charge in [0.1, 0.15) is 17.2 Å². The summed E-state index contributed by atoms with van der Waals surface area (Å²) in [5.74, 6) is -0.326. The van der Waals surface area contributed by atoms with Crippen molar-refractivity contribution in [2.24, 2.45) is 0 Å². The molecule has 0 spiro atoms. The summed E-state index contributed by atoms with van der Waals surface area (Å²) in [6.45, 7) is 5.56. The number of nitrogens with zero attached hydrogens (tertiary/aromatic N) is 5. The number of carbonyl (C=O) groups excluding carboxylic acids is 1. The lowest BCUT2D eigenvalue weighted by molar-refractivity contribution is 0.194. The van der Waals surface area contributed by atoms with Gasteiger partial charge in [0, 0.05) is 36.6 Å². The molecule has 0 radical (unpaired) electrons. The molecule has 3 rings (SSSR count). The second kappa shape index (κ2) is 9.91. The number of hydrogen-bond donors (Lipinski definition) is 0. The quantitative estimate of drug-likeness (QED) is 0.537. The summed E-state index contributed by atoms with van der Waals surface area (Å²) in [5, 5.41) is 8.47. The Morgan fingerprint density at radius 3 is 2.17 bits per heavy atom. The Morgan fingerprint density at radius 2 is 1.59 bits per heavy atom. The molecule has 0 saturated carbocycles. The number of hydrogen-bond acceptors (Lipinski definition) is 4. The monoisotopic (exact) mass is 395 g/mol. The Bertz CT molecular complexity index is 916. The van der Waals surface area contributed by atoms with Crippen molar-refractivity contribution < 1.29 is 9.18 Å². The maximum absolute atomic E-state index is 13.4. The van der Waals surface area contributed by atoms with Gasteiger partial charge in [-0.1, -0.05) is 31.9 Å². The van der Waals surface area contributed by atoms with Gasteiger partial charge in [-0.2, -0.15) is 4.68 Å². The highest BCUT2D eigenvalue weighted by atomic mass is 19.1. The van der Waals surface area contributed by atoms with Gasteiger partial charge in [-0.3, -0.25) is 4.98 Å². The van der Waals surface area contributed by atoms with Crippen LogP contribution in [0.25, 0.3) is 22.5 Å². The van der Waals surface area contributed by atoms with Crippen LogP contribution in [0.1, 0.15) is 39.5 Å². The van der Waals surface area contributed by atoms with E-state index in [4.69, 9.17) is 0 Å². The number of pyridine rings is 1. The normalized spacial score (nSPS) is 10.9. The van der Waals surface area contributed by atoms with Crippen LogP contribution >= 0.6 is 0 Å². The average Bonchev–Trinajstić information content (AvgIpc) is 3.19. The van der Waals surface area contributed by atoms with Crippen molar-refractivity contribution in [3.8, 4) is 22.5 Å². The zero-order valence-electron chi connectivity index (χ0n) is 16.9. The first kappa shape index (κ1) is 20.6. The van der Waals surface area contributed by atoms with Gasteiger partial charge in [0.05, 0.1) is 0 Å². The van der Waals surface area contributed by atoms with Gasteiger partial charge in [-0.05, 0) is 49.2 Å². The molecule has 0 unspecified atom stereocenters. The van der Waals surface area contributed by atoms with Crippen LogP contribution in [0.4, 0.5) is 9.18 Å². The van der Waals surface area contributed by atoms with Crippen LogP contribution < -0.4 is 0 Å². The third-order valence-electron chi connectivity index (χ3n) is 4.76. The smallest absolute Gasteiger partial charge is 0.323 e. The minimum Gasteiger partial charge on any atom is -0.323 e. The van der Waals surface area contributed by atoms with Crippen molar-refractivity contribution in [1.29, 1.82) is 0 Å². The molecule has 29 heavy (non-hydrogen) atoms. The Balaban J connectivity index is 2.06. The zero-order valence-corrected chi connectivity index (χ0v) is 16.9. The Morgan fingerprint density at radius 1 is 0.966 bits per heavy atom. The molecule has 152 valence electrons. The fraction of sp³-hybridized carbons (Fsp3) is 0.364. The van der Waals surface area contributed by atoms with Crippen LogP contribution in [0.5, 0.6) is 0 Å². The summed E-state index contributed by atoms with van der Waals surface area (Å²) >= 11 is 0. The fourth-order valence-corrected chi connectivity index (χ4v) is 3.12. The molecule has 0 aliphatic rings. The number of halogens is 1. The molecule has 0 N–H and O–H groups in total. The van der Waals surface area contributed by atoms with Crippen LogP contribution in [-0.4, -0.2) is 44.0 Å². The summed E-state index contributed by atoms with van der Waals surface area (Å²) in [7, 11) is 0. The fourth-order valence-electron chi connectivity index (χ4n) is 3.12. The molecule has 0 bridgehead atoms. The number of unbranched alkanes of at least 4 members (excludes halogenated alkanes) is 2. The van der Waals surface area contributed by atoms with E-state index in [1.165, 1.54) is 16.8 Å². The van der Waals surface area contributed by atoms with Crippen molar-refractivity contribution >= 4 is 6.03 Å². The zero-order chi connectivity index (χ0) is 20.6. The van der Waals surface area contributed by atoms with Crippen molar-refractivity contribution in [2.45, 2.75) is 39.5 Å². The van der Waals surface area contributed by atoms with E-state index in [9.17, 15) is 9.18 Å². The summed E-state index contributed by atoms with van der Waals surface area (Å²) < 4.78 is 14.8. The Kier molecular flexibility index (Phi) is 7.05. The summed E-state index contributed by atoms with van der Waals surface area (Å²) in [4.78, 5) is 19.3. The minimum absolute atomic E-state index is 0.195. The largest absolute Gasteiger partial charge is 0.346 e. The lowest BCUT2D eigenvalue weighted by Crippen LogP contribution is -2.37. The van der Waals surface area contributed by atoms with E-state index in [1.54, 1.807) is 24.5 Å². The molecule has 2 heterocycles. The van der Waals surface area contributed by atoms with E-state index in [1.807, 2.05) is 17.0 Å². The topological polar surface area (TPSA) is 63.9 Å². The third kappa shape index (κ3) is 4.85. The van der Waals surface area contributed by atoms with E-state index in [-0.39, 0.29) is 11.8 Å². The van der Waals surface area contributed by atoms with E-state index in [0.717, 1.165) is 31.2 Å². The van der Waals surface area contributed by atoms with Crippen LogP contribution in [0.2, 0.25) is 0 Å². The second-order valence-electron chi connectivity index (χ2n) is 6.92. The van der Waals surface area contributed by atoms with Crippen LogP contribution in [-0.2, 0) is 0 Å². The van der Waals surface area contributed by atoms with E-state index >= 15 is 0 Å². The first-order chi connectivity index (χ1) is 14.2. The summed E-state index contributed by atoms with van der Waals surface area (Å²) in [5.41, 5.74) is 2.60. The average molecular weight is 395 g/mol. The molecule has 0 aliphatic carbocycles. The molecule has 0 fully saturated rings. The number of rotatable bonds is 8. The second-order valence-corrected chi connectivity index (χ2v) is 6.92. The number of amides is 1. The first-order valence-electron chi connectivity index (χ1n) is 10.1.